The summed E-state index contributed by atoms with van der Waals surface area (Å²) in [6.07, 6.45) is 3.10. The second kappa shape index (κ2) is 5.10. The van der Waals surface area contributed by atoms with E-state index in [2.05, 4.69) is 18.7 Å². The smallest absolute Gasteiger partial charge is 0.0674 e. The van der Waals surface area contributed by atoms with E-state index in [-0.39, 0.29) is 6.10 Å². The van der Waals surface area contributed by atoms with Crippen LogP contribution in [0, 0.1) is 5.41 Å². The SMILES string of the molecule is CC1(C)CCCN(CCC(O)CN)C1. The Kier molecular flexibility index (Phi) is 4.35. The highest BCUT2D eigenvalue weighted by molar-refractivity contribution is 4.79. The quantitative estimate of drug-likeness (QED) is 0.706. The summed E-state index contributed by atoms with van der Waals surface area (Å²) in [5, 5.41) is 9.37. The van der Waals surface area contributed by atoms with E-state index < -0.39 is 0 Å². The molecular formula is C11H24N2O. The summed E-state index contributed by atoms with van der Waals surface area (Å²) < 4.78 is 0. The molecule has 1 atom stereocenters. The van der Waals surface area contributed by atoms with Gasteiger partial charge in [-0.25, -0.2) is 0 Å². The molecule has 0 spiro atoms. The predicted molar refractivity (Wildman–Crippen MR) is 59.1 cm³/mol. The highest BCUT2D eigenvalue weighted by atomic mass is 16.3. The van der Waals surface area contributed by atoms with E-state index in [4.69, 9.17) is 5.73 Å². The van der Waals surface area contributed by atoms with Crippen molar-refractivity contribution in [3.63, 3.8) is 0 Å². The first-order chi connectivity index (χ1) is 6.53. The Hall–Kier alpha value is -0.120. The van der Waals surface area contributed by atoms with Crippen LogP contribution in [0.3, 0.4) is 0 Å². The third-order valence-corrected chi connectivity index (χ3v) is 3.03. The van der Waals surface area contributed by atoms with Gasteiger partial charge in [0.1, 0.15) is 0 Å². The van der Waals surface area contributed by atoms with E-state index in [1.807, 2.05) is 0 Å². The Morgan fingerprint density at radius 2 is 2.21 bits per heavy atom. The van der Waals surface area contributed by atoms with Crippen LogP contribution in [-0.4, -0.2) is 42.3 Å². The van der Waals surface area contributed by atoms with Crippen molar-refractivity contribution < 1.29 is 5.11 Å². The zero-order valence-corrected chi connectivity index (χ0v) is 9.50. The maximum Gasteiger partial charge on any atom is 0.0674 e. The third kappa shape index (κ3) is 3.95. The van der Waals surface area contributed by atoms with Gasteiger partial charge in [0, 0.05) is 19.6 Å². The van der Waals surface area contributed by atoms with Crippen LogP contribution in [0.5, 0.6) is 0 Å². The van der Waals surface area contributed by atoms with Gasteiger partial charge in [-0.15, -0.1) is 0 Å². The molecule has 0 saturated carbocycles. The van der Waals surface area contributed by atoms with Gasteiger partial charge >= 0.3 is 0 Å². The van der Waals surface area contributed by atoms with Crippen LogP contribution >= 0.6 is 0 Å². The first-order valence-corrected chi connectivity index (χ1v) is 5.64. The molecule has 1 saturated heterocycles. The zero-order chi connectivity index (χ0) is 10.6. The minimum Gasteiger partial charge on any atom is -0.392 e. The van der Waals surface area contributed by atoms with Crippen molar-refractivity contribution in [1.82, 2.24) is 4.90 Å². The summed E-state index contributed by atoms with van der Waals surface area (Å²) >= 11 is 0. The van der Waals surface area contributed by atoms with Crippen LogP contribution < -0.4 is 5.73 Å². The molecule has 0 bridgehead atoms. The Bertz CT molecular complexity index is 171. The van der Waals surface area contributed by atoms with Crippen molar-refractivity contribution >= 4 is 0 Å². The molecule has 0 aliphatic carbocycles. The molecule has 1 rings (SSSR count). The Balaban J connectivity index is 2.24. The van der Waals surface area contributed by atoms with Crippen LogP contribution in [0.15, 0.2) is 0 Å². The number of likely N-dealkylation sites (tertiary alicyclic amines) is 1. The predicted octanol–water partition coefficient (Wildman–Crippen LogP) is 0.818. The average molecular weight is 200 g/mol. The molecule has 1 aliphatic rings. The monoisotopic (exact) mass is 200 g/mol. The number of nitrogens with zero attached hydrogens (tertiary/aromatic N) is 1. The molecular weight excluding hydrogens is 176 g/mol. The van der Waals surface area contributed by atoms with Crippen LogP contribution in [0.2, 0.25) is 0 Å². The van der Waals surface area contributed by atoms with Gasteiger partial charge in [0.05, 0.1) is 6.10 Å². The fraction of sp³-hybridized carbons (Fsp3) is 1.00. The molecule has 3 N–H and O–H groups in total. The standard InChI is InChI=1S/C11H24N2O/c1-11(2)5-3-6-13(9-11)7-4-10(14)8-12/h10,14H,3-9,12H2,1-2H3. The summed E-state index contributed by atoms with van der Waals surface area (Å²) in [5.74, 6) is 0. The lowest BCUT2D eigenvalue weighted by atomic mass is 9.84. The lowest BCUT2D eigenvalue weighted by Gasteiger charge is -2.38. The van der Waals surface area contributed by atoms with Gasteiger partial charge in [-0.3, -0.25) is 0 Å². The van der Waals surface area contributed by atoms with Crippen LogP contribution in [0.25, 0.3) is 0 Å². The van der Waals surface area contributed by atoms with Gasteiger partial charge in [0.25, 0.3) is 0 Å². The van der Waals surface area contributed by atoms with Crippen molar-refractivity contribution in [2.24, 2.45) is 11.1 Å². The van der Waals surface area contributed by atoms with Crippen LogP contribution in [0.4, 0.5) is 0 Å². The maximum absolute atomic E-state index is 9.37. The van der Waals surface area contributed by atoms with E-state index in [1.54, 1.807) is 0 Å². The Labute approximate surface area is 87.3 Å². The molecule has 84 valence electrons. The zero-order valence-electron chi connectivity index (χ0n) is 9.50. The van der Waals surface area contributed by atoms with Crippen molar-refractivity contribution in [3.05, 3.63) is 0 Å². The maximum atomic E-state index is 9.37. The highest BCUT2D eigenvalue weighted by Crippen LogP contribution is 2.28. The first kappa shape index (κ1) is 12.0. The molecule has 3 nitrogen and oxygen atoms in total. The third-order valence-electron chi connectivity index (χ3n) is 3.03. The first-order valence-electron chi connectivity index (χ1n) is 5.64. The van der Waals surface area contributed by atoms with Crippen LogP contribution in [0.1, 0.15) is 33.1 Å². The van der Waals surface area contributed by atoms with Gasteiger partial charge in [-0.2, -0.15) is 0 Å². The molecule has 1 heterocycles. The van der Waals surface area contributed by atoms with Crippen molar-refractivity contribution in [3.8, 4) is 0 Å². The summed E-state index contributed by atoms with van der Waals surface area (Å²) in [6, 6.07) is 0. The van der Waals surface area contributed by atoms with E-state index in [9.17, 15) is 5.11 Å². The Morgan fingerprint density at radius 3 is 2.79 bits per heavy atom. The molecule has 0 aromatic carbocycles. The van der Waals surface area contributed by atoms with E-state index in [0.29, 0.717) is 12.0 Å². The molecule has 1 aliphatic heterocycles. The number of hydrogen-bond acceptors (Lipinski definition) is 3. The molecule has 14 heavy (non-hydrogen) atoms. The van der Waals surface area contributed by atoms with Crippen molar-refractivity contribution in [2.45, 2.75) is 39.2 Å². The topological polar surface area (TPSA) is 49.5 Å². The number of aliphatic hydroxyl groups is 1. The van der Waals surface area contributed by atoms with Crippen LogP contribution in [-0.2, 0) is 0 Å². The number of aliphatic hydroxyl groups excluding tert-OH is 1. The van der Waals surface area contributed by atoms with Gasteiger partial charge in [-0.05, 0) is 31.2 Å². The summed E-state index contributed by atoms with van der Waals surface area (Å²) in [6.45, 7) is 8.35. The number of hydrogen-bond donors (Lipinski definition) is 2. The second-order valence-electron chi connectivity index (χ2n) is 5.22. The summed E-state index contributed by atoms with van der Waals surface area (Å²) in [5.41, 5.74) is 5.82. The van der Waals surface area contributed by atoms with Crippen molar-refractivity contribution in [2.75, 3.05) is 26.2 Å². The van der Waals surface area contributed by atoms with Gasteiger partial charge < -0.3 is 15.7 Å². The fourth-order valence-corrected chi connectivity index (χ4v) is 2.18. The van der Waals surface area contributed by atoms with Crippen molar-refractivity contribution in [1.29, 1.82) is 0 Å². The minimum absolute atomic E-state index is 0.319. The van der Waals surface area contributed by atoms with Gasteiger partial charge in [0.15, 0.2) is 0 Å². The molecule has 1 unspecified atom stereocenters. The Morgan fingerprint density at radius 1 is 1.50 bits per heavy atom. The fourth-order valence-electron chi connectivity index (χ4n) is 2.18. The number of rotatable bonds is 4. The lowest BCUT2D eigenvalue weighted by Crippen LogP contribution is -2.41. The minimum atomic E-state index is -0.319. The molecule has 1 fully saturated rings. The summed E-state index contributed by atoms with van der Waals surface area (Å²) in [7, 11) is 0. The normalized spacial score (nSPS) is 24.9. The number of nitrogens with two attached hydrogens (primary N) is 1. The molecule has 0 aromatic rings. The van der Waals surface area contributed by atoms with E-state index >= 15 is 0 Å². The molecule has 0 aromatic heterocycles. The summed E-state index contributed by atoms with van der Waals surface area (Å²) in [4.78, 5) is 2.45. The van der Waals surface area contributed by atoms with E-state index in [0.717, 1.165) is 19.5 Å². The lowest BCUT2D eigenvalue weighted by molar-refractivity contribution is 0.0923. The van der Waals surface area contributed by atoms with Gasteiger partial charge in [-0.1, -0.05) is 13.8 Å². The molecule has 3 heteroatoms. The highest BCUT2D eigenvalue weighted by Gasteiger charge is 2.25. The average Bonchev–Trinajstić information content (AvgIpc) is 2.12. The van der Waals surface area contributed by atoms with E-state index in [1.165, 1.54) is 19.4 Å². The second-order valence-corrected chi connectivity index (χ2v) is 5.22. The number of piperidine rings is 1. The largest absolute Gasteiger partial charge is 0.392 e. The molecule has 0 radical (unpaired) electrons. The van der Waals surface area contributed by atoms with Gasteiger partial charge in [0.2, 0.25) is 0 Å². The molecule has 0 amide bonds.